The molecule has 0 aliphatic carbocycles. The van der Waals surface area contributed by atoms with Gasteiger partial charge in [-0.05, 0) is 37.3 Å². The summed E-state index contributed by atoms with van der Waals surface area (Å²) in [5.74, 6) is 0. The van der Waals surface area contributed by atoms with Gasteiger partial charge in [-0.25, -0.2) is 13.1 Å². The fraction of sp³-hybridized carbons (Fsp3) is 0.150. The highest BCUT2D eigenvalue weighted by Crippen LogP contribution is 2.23. The maximum atomic E-state index is 12.8. The monoisotopic (exact) mass is 394 g/mol. The highest BCUT2D eigenvalue weighted by Gasteiger charge is 2.18. The molecule has 2 heterocycles. The molecule has 8 heteroatoms. The first-order chi connectivity index (χ1) is 13.4. The van der Waals surface area contributed by atoms with Crippen LogP contribution in [-0.2, 0) is 23.4 Å². The Hall–Kier alpha value is -3.26. The lowest BCUT2D eigenvalue weighted by Gasteiger charge is -2.08. The molecule has 142 valence electrons. The molecule has 2 aromatic heterocycles. The number of aromatic nitrogens is 4. The molecule has 28 heavy (non-hydrogen) atoms. The minimum atomic E-state index is -3.65. The minimum Gasteiger partial charge on any atom is -0.275 e. The van der Waals surface area contributed by atoms with Crippen LogP contribution in [0.4, 0.5) is 0 Å². The van der Waals surface area contributed by atoms with Crippen molar-refractivity contribution in [2.45, 2.75) is 23.3 Å². The van der Waals surface area contributed by atoms with Crippen LogP contribution in [0.25, 0.3) is 10.8 Å². The fourth-order valence-electron chi connectivity index (χ4n) is 3.15. The summed E-state index contributed by atoms with van der Waals surface area (Å²) in [4.78, 5) is 13.1. The molecule has 0 saturated carbocycles. The summed E-state index contributed by atoms with van der Waals surface area (Å²) in [6, 6.07) is 12.7. The van der Waals surface area contributed by atoms with Crippen LogP contribution >= 0.6 is 0 Å². The van der Waals surface area contributed by atoms with Gasteiger partial charge in [-0.3, -0.25) is 9.48 Å². The maximum absolute atomic E-state index is 12.8. The van der Waals surface area contributed by atoms with Crippen molar-refractivity contribution in [3.63, 3.8) is 0 Å². The summed E-state index contributed by atoms with van der Waals surface area (Å²) in [5.41, 5.74) is 1.46. The normalized spacial score (nSPS) is 11.8. The summed E-state index contributed by atoms with van der Waals surface area (Å²) >= 11 is 0. The van der Waals surface area contributed by atoms with Crippen LogP contribution in [-0.4, -0.2) is 28.0 Å². The first-order valence-electron chi connectivity index (χ1n) is 8.65. The van der Waals surface area contributed by atoms with Crippen LogP contribution in [0, 0.1) is 6.92 Å². The van der Waals surface area contributed by atoms with Crippen molar-refractivity contribution in [1.82, 2.24) is 19.6 Å². The Morgan fingerprint density at radius 2 is 1.79 bits per heavy atom. The van der Waals surface area contributed by atoms with Crippen molar-refractivity contribution in [3.8, 4) is 0 Å². The van der Waals surface area contributed by atoms with E-state index in [0.717, 1.165) is 11.3 Å². The predicted molar refractivity (Wildman–Crippen MR) is 105 cm³/mol. The lowest BCUT2D eigenvalue weighted by molar-refractivity contribution is 0.596. The third kappa shape index (κ3) is 3.11. The average Bonchev–Trinajstić information content (AvgIpc) is 3.01. The van der Waals surface area contributed by atoms with Gasteiger partial charge < -0.3 is 0 Å². The van der Waals surface area contributed by atoms with E-state index in [0.29, 0.717) is 17.3 Å². The SMILES string of the molecule is Cc1nn(C)cc1Cn1ncc2cc(S(=O)(=O)c3ccccc3)ccc2c1=O. The minimum absolute atomic E-state index is 0.133. The Morgan fingerprint density at radius 3 is 2.46 bits per heavy atom. The Balaban J connectivity index is 1.76. The van der Waals surface area contributed by atoms with Gasteiger partial charge in [-0.2, -0.15) is 10.2 Å². The molecular weight excluding hydrogens is 376 g/mol. The van der Waals surface area contributed by atoms with Gasteiger partial charge in [0.1, 0.15) is 0 Å². The van der Waals surface area contributed by atoms with E-state index < -0.39 is 9.84 Å². The van der Waals surface area contributed by atoms with Gasteiger partial charge in [-0.15, -0.1) is 0 Å². The van der Waals surface area contributed by atoms with E-state index in [1.54, 1.807) is 41.1 Å². The number of sulfone groups is 1. The van der Waals surface area contributed by atoms with E-state index >= 15 is 0 Å². The number of aryl methyl sites for hydroxylation is 2. The van der Waals surface area contributed by atoms with Crippen LogP contribution in [0.2, 0.25) is 0 Å². The van der Waals surface area contributed by atoms with Gasteiger partial charge in [0.15, 0.2) is 0 Å². The first-order valence-corrected chi connectivity index (χ1v) is 10.1. The highest BCUT2D eigenvalue weighted by atomic mass is 32.2. The number of benzene rings is 2. The van der Waals surface area contributed by atoms with Crippen LogP contribution in [0.1, 0.15) is 11.3 Å². The zero-order valence-electron chi connectivity index (χ0n) is 15.4. The van der Waals surface area contributed by atoms with Gasteiger partial charge in [-0.1, -0.05) is 18.2 Å². The van der Waals surface area contributed by atoms with Crippen molar-refractivity contribution in [2.24, 2.45) is 7.05 Å². The fourth-order valence-corrected chi connectivity index (χ4v) is 4.46. The summed E-state index contributed by atoms with van der Waals surface area (Å²) in [6.07, 6.45) is 3.37. The maximum Gasteiger partial charge on any atom is 0.274 e. The van der Waals surface area contributed by atoms with E-state index in [9.17, 15) is 13.2 Å². The van der Waals surface area contributed by atoms with Crippen LogP contribution in [0.15, 0.2) is 75.5 Å². The molecule has 0 amide bonds. The molecule has 7 nitrogen and oxygen atoms in total. The van der Waals surface area contributed by atoms with Crippen molar-refractivity contribution in [2.75, 3.05) is 0 Å². The van der Waals surface area contributed by atoms with E-state index in [-0.39, 0.29) is 15.4 Å². The summed E-state index contributed by atoms with van der Waals surface area (Å²) in [5, 5.41) is 9.40. The van der Waals surface area contributed by atoms with E-state index in [2.05, 4.69) is 10.2 Å². The molecule has 0 spiro atoms. The number of hydrogen-bond donors (Lipinski definition) is 0. The smallest absolute Gasteiger partial charge is 0.274 e. The lowest BCUT2D eigenvalue weighted by atomic mass is 10.2. The topological polar surface area (TPSA) is 86.8 Å². The van der Waals surface area contributed by atoms with Gasteiger partial charge in [0.2, 0.25) is 9.84 Å². The molecule has 0 fully saturated rings. The second kappa shape index (κ2) is 6.72. The van der Waals surface area contributed by atoms with Crippen LogP contribution < -0.4 is 5.56 Å². The highest BCUT2D eigenvalue weighted by molar-refractivity contribution is 7.91. The van der Waals surface area contributed by atoms with E-state index in [4.69, 9.17) is 0 Å². The zero-order chi connectivity index (χ0) is 19.9. The molecule has 0 unspecified atom stereocenters. The second-order valence-corrected chi connectivity index (χ2v) is 8.54. The van der Waals surface area contributed by atoms with Crippen molar-refractivity contribution in [3.05, 3.63) is 82.5 Å². The molecule has 0 saturated heterocycles. The molecule has 4 aromatic rings. The molecule has 0 radical (unpaired) electrons. The van der Waals surface area contributed by atoms with Crippen LogP contribution in [0.3, 0.4) is 0 Å². The standard InChI is InChI=1S/C20H18N4O3S/c1-14-16(12-23(2)22-14)13-24-20(25)19-9-8-18(10-15(19)11-21-24)28(26,27)17-6-4-3-5-7-17/h3-12H,13H2,1-2H3. The van der Waals surface area contributed by atoms with Gasteiger partial charge in [0.25, 0.3) is 5.56 Å². The Kier molecular flexibility index (Phi) is 4.35. The number of hydrogen-bond acceptors (Lipinski definition) is 5. The largest absolute Gasteiger partial charge is 0.275 e. The summed E-state index contributed by atoms with van der Waals surface area (Å²) in [6.45, 7) is 2.18. The lowest BCUT2D eigenvalue weighted by Crippen LogP contribution is -2.23. The number of rotatable bonds is 4. The number of fused-ring (bicyclic) bond motifs is 1. The van der Waals surface area contributed by atoms with Crippen molar-refractivity contribution >= 4 is 20.6 Å². The average molecular weight is 394 g/mol. The molecule has 0 bridgehead atoms. The van der Waals surface area contributed by atoms with Crippen LogP contribution in [0.5, 0.6) is 0 Å². The predicted octanol–water partition coefficient (Wildman–Crippen LogP) is 2.32. The van der Waals surface area contributed by atoms with E-state index in [1.165, 1.54) is 23.0 Å². The third-order valence-corrected chi connectivity index (χ3v) is 6.39. The summed E-state index contributed by atoms with van der Waals surface area (Å²) < 4.78 is 28.6. The van der Waals surface area contributed by atoms with Gasteiger partial charge >= 0.3 is 0 Å². The third-order valence-electron chi connectivity index (χ3n) is 4.62. The second-order valence-electron chi connectivity index (χ2n) is 6.59. The zero-order valence-corrected chi connectivity index (χ0v) is 16.2. The Labute approximate surface area is 161 Å². The molecule has 2 aromatic carbocycles. The van der Waals surface area contributed by atoms with Gasteiger partial charge in [0, 0.05) is 24.2 Å². The Morgan fingerprint density at radius 1 is 1.04 bits per heavy atom. The molecule has 4 rings (SSSR count). The van der Waals surface area contributed by atoms with Crippen molar-refractivity contribution in [1.29, 1.82) is 0 Å². The molecular formula is C20H18N4O3S. The first kappa shape index (κ1) is 18.1. The number of nitrogens with zero attached hydrogens (tertiary/aromatic N) is 4. The molecule has 0 aliphatic heterocycles. The van der Waals surface area contributed by atoms with E-state index in [1.807, 2.05) is 20.2 Å². The summed E-state index contributed by atoms with van der Waals surface area (Å²) in [7, 11) is -1.83. The molecule has 0 N–H and O–H groups in total. The molecule has 0 aliphatic rings. The molecule has 0 atom stereocenters. The van der Waals surface area contributed by atoms with Gasteiger partial charge in [0.05, 0.1) is 33.6 Å². The quantitative estimate of drug-likeness (QED) is 0.530. The Bertz CT molecular complexity index is 1340. The van der Waals surface area contributed by atoms with Crippen molar-refractivity contribution < 1.29 is 8.42 Å².